The number of aromatic nitrogens is 2. The van der Waals surface area contributed by atoms with E-state index in [1.54, 1.807) is 34.0 Å². The third kappa shape index (κ3) is 4.08. The van der Waals surface area contributed by atoms with E-state index in [1.807, 2.05) is 0 Å². The minimum Gasteiger partial charge on any atom is -0.479 e. The molecule has 7 nitrogen and oxygen atoms in total. The number of carbonyl (C=O) groups excluding carboxylic acids is 1. The van der Waals surface area contributed by atoms with Gasteiger partial charge < -0.3 is 15.2 Å². The normalized spacial score (nSPS) is 12.9. The molecule has 18 heavy (non-hydrogen) atoms. The first-order valence-corrected chi connectivity index (χ1v) is 5.41. The minimum atomic E-state index is -1.22. The molecule has 1 amide bonds. The number of carboxylic acid groups (broad SMARTS) is 1. The van der Waals surface area contributed by atoms with Gasteiger partial charge in [0, 0.05) is 13.2 Å². The van der Waals surface area contributed by atoms with Crippen molar-refractivity contribution in [2.45, 2.75) is 32.4 Å². The molecule has 0 aliphatic rings. The second kappa shape index (κ2) is 5.07. The minimum absolute atomic E-state index is 0.246. The predicted octanol–water partition coefficient (Wildman–Crippen LogP) is 1.07. The van der Waals surface area contributed by atoms with Crippen LogP contribution in [-0.2, 0) is 16.6 Å². The highest BCUT2D eigenvalue weighted by Gasteiger charge is 2.27. The smallest absolute Gasteiger partial charge is 0.408 e. The Bertz CT molecular complexity index is 447. The predicted molar refractivity (Wildman–Crippen MR) is 63.0 cm³/mol. The fourth-order valence-corrected chi connectivity index (χ4v) is 1.27. The van der Waals surface area contributed by atoms with Crippen molar-refractivity contribution in [2.24, 2.45) is 7.05 Å². The molecule has 0 aromatic carbocycles. The van der Waals surface area contributed by atoms with Crippen molar-refractivity contribution in [3.8, 4) is 0 Å². The molecule has 1 rings (SSSR count). The lowest BCUT2D eigenvalue weighted by atomic mass is 10.2. The van der Waals surface area contributed by atoms with Gasteiger partial charge in [-0.1, -0.05) is 0 Å². The quantitative estimate of drug-likeness (QED) is 0.842. The highest BCUT2D eigenvalue weighted by atomic mass is 16.6. The van der Waals surface area contributed by atoms with Crippen molar-refractivity contribution in [1.82, 2.24) is 15.1 Å². The van der Waals surface area contributed by atoms with Gasteiger partial charge in [0.2, 0.25) is 0 Å². The Kier molecular flexibility index (Phi) is 3.95. The topological polar surface area (TPSA) is 93.5 Å². The van der Waals surface area contributed by atoms with Crippen molar-refractivity contribution in [1.29, 1.82) is 0 Å². The number of nitrogens with zero attached hydrogens (tertiary/aromatic N) is 2. The molecule has 100 valence electrons. The number of carbonyl (C=O) groups is 2. The van der Waals surface area contributed by atoms with Crippen molar-refractivity contribution < 1.29 is 19.4 Å². The van der Waals surface area contributed by atoms with E-state index in [0.29, 0.717) is 0 Å². The van der Waals surface area contributed by atoms with E-state index >= 15 is 0 Å². The summed E-state index contributed by atoms with van der Waals surface area (Å²) in [5, 5.41) is 15.3. The average molecular weight is 255 g/mol. The van der Waals surface area contributed by atoms with Gasteiger partial charge in [0.25, 0.3) is 0 Å². The molecule has 1 aromatic heterocycles. The first-order chi connectivity index (χ1) is 8.19. The van der Waals surface area contributed by atoms with Crippen molar-refractivity contribution >= 4 is 12.1 Å². The van der Waals surface area contributed by atoms with Gasteiger partial charge in [0.05, 0.1) is 5.69 Å². The molecule has 0 bridgehead atoms. The van der Waals surface area contributed by atoms with Gasteiger partial charge in [-0.3, -0.25) is 4.68 Å². The zero-order valence-electron chi connectivity index (χ0n) is 10.8. The standard InChI is InChI=1S/C11H17N3O4/c1-11(2,3)18-10(17)12-8(9(15)16)7-5-6-14(4)13-7/h5-6,8H,1-4H3,(H,12,17)(H,15,16). The molecular weight excluding hydrogens is 238 g/mol. The zero-order chi connectivity index (χ0) is 13.9. The molecule has 0 spiro atoms. The van der Waals surface area contributed by atoms with Gasteiger partial charge in [0.15, 0.2) is 6.04 Å². The molecule has 0 fully saturated rings. The van der Waals surface area contributed by atoms with Crippen LogP contribution in [0.4, 0.5) is 4.79 Å². The van der Waals surface area contributed by atoms with E-state index in [2.05, 4.69) is 10.4 Å². The van der Waals surface area contributed by atoms with Crippen molar-refractivity contribution in [3.63, 3.8) is 0 Å². The summed E-state index contributed by atoms with van der Waals surface area (Å²) in [6, 6.07) is 0.303. The Hall–Kier alpha value is -2.05. The number of carboxylic acids is 1. The Morgan fingerprint density at radius 3 is 2.50 bits per heavy atom. The third-order valence-electron chi connectivity index (χ3n) is 1.94. The van der Waals surface area contributed by atoms with Crippen LogP contribution in [0.15, 0.2) is 12.3 Å². The molecule has 0 saturated heterocycles. The van der Waals surface area contributed by atoms with Crippen molar-refractivity contribution in [2.75, 3.05) is 0 Å². The fraction of sp³-hybridized carbons (Fsp3) is 0.545. The van der Waals surface area contributed by atoms with E-state index in [9.17, 15) is 9.59 Å². The molecule has 1 heterocycles. The molecule has 1 atom stereocenters. The maximum Gasteiger partial charge on any atom is 0.408 e. The first kappa shape index (κ1) is 14.0. The van der Waals surface area contributed by atoms with Gasteiger partial charge in [0.1, 0.15) is 5.60 Å². The average Bonchev–Trinajstić information content (AvgIpc) is 2.57. The van der Waals surface area contributed by atoms with Crippen molar-refractivity contribution in [3.05, 3.63) is 18.0 Å². The van der Waals surface area contributed by atoms with Gasteiger partial charge in [-0.05, 0) is 26.8 Å². The van der Waals surface area contributed by atoms with Crippen LogP contribution < -0.4 is 5.32 Å². The van der Waals surface area contributed by atoms with E-state index in [1.165, 1.54) is 10.7 Å². The lowest BCUT2D eigenvalue weighted by Gasteiger charge is -2.21. The third-order valence-corrected chi connectivity index (χ3v) is 1.94. The number of aryl methyl sites for hydroxylation is 1. The molecule has 0 aliphatic carbocycles. The van der Waals surface area contributed by atoms with Gasteiger partial charge in [-0.25, -0.2) is 9.59 Å². The van der Waals surface area contributed by atoms with E-state index in [-0.39, 0.29) is 5.69 Å². The van der Waals surface area contributed by atoms with Crippen LogP contribution in [0.5, 0.6) is 0 Å². The summed E-state index contributed by atoms with van der Waals surface area (Å²) in [7, 11) is 1.66. The molecule has 0 radical (unpaired) electrons. The van der Waals surface area contributed by atoms with Gasteiger partial charge in [-0.2, -0.15) is 5.10 Å². The highest BCUT2D eigenvalue weighted by Crippen LogP contribution is 2.12. The van der Waals surface area contributed by atoms with Crippen LogP contribution in [0.2, 0.25) is 0 Å². The lowest BCUT2D eigenvalue weighted by molar-refractivity contribution is -0.139. The summed E-state index contributed by atoms with van der Waals surface area (Å²) in [6.07, 6.45) is 0.808. The summed E-state index contributed by atoms with van der Waals surface area (Å²) in [5.41, 5.74) is -0.437. The molecule has 0 aliphatic heterocycles. The summed E-state index contributed by atoms with van der Waals surface area (Å²) >= 11 is 0. The monoisotopic (exact) mass is 255 g/mol. The number of nitrogens with one attached hydrogen (secondary N) is 1. The number of alkyl carbamates (subject to hydrolysis) is 1. The molecule has 1 unspecified atom stereocenters. The number of hydrogen-bond acceptors (Lipinski definition) is 4. The second-order valence-electron chi connectivity index (χ2n) is 4.83. The Morgan fingerprint density at radius 2 is 2.11 bits per heavy atom. The molecule has 0 saturated carbocycles. The number of hydrogen-bond donors (Lipinski definition) is 2. The number of aliphatic carboxylic acids is 1. The van der Waals surface area contributed by atoms with Gasteiger partial charge in [-0.15, -0.1) is 0 Å². The largest absolute Gasteiger partial charge is 0.479 e. The van der Waals surface area contributed by atoms with Crippen LogP contribution in [0.3, 0.4) is 0 Å². The summed E-state index contributed by atoms with van der Waals surface area (Å²) in [6.45, 7) is 5.09. The Morgan fingerprint density at radius 1 is 1.50 bits per heavy atom. The number of rotatable bonds is 3. The van der Waals surface area contributed by atoms with Crippen LogP contribution >= 0.6 is 0 Å². The van der Waals surface area contributed by atoms with E-state index in [0.717, 1.165) is 0 Å². The SMILES string of the molecule is Cn1ccc(C(NC(=O)OC(C)(C)C)C(=O)O)n1. The second-order valence-corrected chi connectivity index (χ2v) is 4.83. The van der Waals surface area contributed by atoms with Crippen LogP contribution in [0, 0.1) is 0 Å². The molecular formula is C11H17N3O4. The van der Waals surface area contributed by atoms with Gasteiger partial charge >= 0.3 is 12.1 Å². The van der Waals surface area contributed by atoms with E-state index < -0.39 is 23.7 Å². The Labute approximate surface area is 105 Å². The van der Waals surface area contributed by atoms with Crippen LogP contribution in [-0.4, -0.2) is 32.6 Å². The summed E-state index contributed by atoms with van der Waals surface area (Å²) in [4.78, 5) is 22.6. The summed E-state index contributed by atoms with van der Waals surface area (Å²) < 4.78 is 6.46. The molecule has 2 N–H and O–H groups in total. The zero-order valence-corrected chi connectivity index (χ0v) is 10.8. The first-order valence-electron chi connectivity index (χ1n) is 5.41. The highest BCUT2D eigenvalue weighted by molar-refractivity contribution is 5.80. The lowest BCUT2D eigenvalue weighted by Crippen LogP contribution is -2.38. The fourth-order valence-electron chi connectivity index (χ4n) is 1.27. The van der Waals surface area contributed by atoms with Crippen LogP contribution in [0.1, 0.15) is 32.5 Å². The molecule has 7 heteroatoms. The number of amides is 1. The summed E-state index contributed by atoms with van der Waals surface area (Å²) in [5.74, 6) is -1.19. The maximum absolute atomic E-state index is 11.5. The molecule has 1 aromatic rings. The van der Waals surface area contributed by atoms with Crippen LogP contribution in [0.25, 0.3) is 0 Å². The van der Waals surface area contributed by atoms with E-state index in [4.69, 9.17) is 9.84 Å². The number of ether oxygens (including phenoxy) is 1. The Balaban J connectivity index is 2.76. The maximum atomic E-state index is 11.5.